The van der Waals surface area contributed by atoms with Gasteiger partial charge in [-0.15, -0.1) is 11.3 Å². The highest BCUT2D eigenvalue weighted by atomic mass is 32.1. The van der Waals surface area contributed by atoms with Crippen LogP contribution in [0, 0.1) is 6.92 Å². The summed E-state index contributed by atoms with van der Waals surface area (Å²) in [5.74, 6) is -0.0418. The summed E-state index contributed by atoms with van der Waals surface area (Å²) in [7, 11) is 0. The van der Waals surface area contributed by atoms with Crippen molar-refractivity contribution in [2.24, 2.45) is 0 Å². The van der Waals surface area contributed by atoms with Gasteiger partial charge in [-0.2, -0.15) is 0 Å². The van der Waals surface area contributed by atoms with Crippen LogP contribution in [0.5, 0.6) is 0 Å². The summed E-state index contributed by atoms with van der Waals surface area (Å²) >= 11 is 1.59. The van der Waals surface area contributed by atoms with Crippen molar-refractivity contribution in [3.05, 3.63) is 51.5 Å². The zero-order chi connectivity index (χ0) is 16.9. The van der Waals surface area contributed by atoms with Gasteiger partial charge in [-0.3, -0.25) is 9.69 Å². The SMILES string of the molecule is Cc1csc(C(C)NC(=O)c2ccc(CN3CCCCC3)cc2)n1. The average molecular weight is 343 g/mol. The number of amides is 1. The van der Waals surface area contributed by atoms with E-state index in [1.54, 1.807) is 11.3 Å². The lowest BCUT2D eigenvalue weighted by Crippen LogP contribution is -2.29. The Hall–Kier alpha value is -1.72. The zero-order valence-corrected chi connectivity index (χ0v) is 15.2. The molecule has 0 saturated carbocycles. The first-order chi connectivity index (χ1) is 11.6. The number of aromatic nitrogens is 1. The predicted octanol–water partition coefficient (Wildman–Crippen LogP) is 3.93. The third kappa shape index (κ3) is 4.42. The molecule has 4 nitrogen and oxygen atoms in total. The first-order valence-corrected chi connectivity index (χ1v) is 9.54. The molecule has 1 atom stereocenters. The summed E-state index contributed by atoms with van der Waals surface area (Å²) in [4.78, 5) is 19.3. The summed E-state index contributed by atoms with van der Waals surface area (Å²) in [6, 6.07) is 7.93. The molecule has 3 rings (SSSR count). The monoisotopic (exact) mass is 343 g/mol. The lowest BCUT2D eigenvalue weighted by atomic mass is 10.1. The van der Waals surface area contributed by atoms with Crippen LogP contribution in [0.3, 0.4) is 0 Å². The quantitative estimate of drug-likeness (QED) is 0.895. The Morgan fingerprint density at radius 2 is 1.96 bits per heavy atom. The second-order valence-electron chi connectivity index (χ2n) is 6.56. The topological polar surface area (TPSA) is 45.2 Å². The largest absolute Gasteiger partial charge is 0.343 e. The van der Waals surface area contributed by atoms with E-state index in [1.165, 1.54) is 37.9 Å². The highest BCUT2D eigenvalue weighted by molar-refractivity contribution is 7.09. The summed E-state index contributed by atoms with van der Waals surface area (Å²) in [5, 5.41) is 5.98. The standard InChI is InChI=1S/C19H25N3OS/c1-14-13-24-19(20-14)15(2)21-18(23)17-8-6-16(7-9-17)12-22-10-4-3-5-11-22/h6-9,13,15H,3-5,10-12H2,1-2H3,(H,21,23). The molecule has 0 bridgehead atoms. The van der Waals surface area contributed by atoms with Gasteiger partial charge in [-0.1, -0.05) is 18.6 Å². The van der Waals surface area contributed by atoms with Crippen molar-refractivity contribution in [3.63, 3.8) is 0 Å². The number of nitrogens with one attached hydrogen (secondary N) is 1. The number of rotatable bonds is 5. The van der Waals surface area contributed by atoms with Crippen molar-refractivity contribution < 1.29 is 4.79 Å². The molecule has 0 aliphatic carbocycles. The normalized spacial score (nSPS) is 16.8. The maximum Gasteiger partial charge on any atom is 0.251 e. The van der Waals surface area contributed by atoms with E-state index >= 15 is 0 Å². The predicted molar refractivity (Wildman–Crippen MR) is 98.3 cm³/mol. The molecule has 1 N–H and O–H groups in total. The third-order valence-electron chi connectivity index (χ3n) is 4.43. The van der Waals surface area contributed by atoms with Crippen LogP contribution in [0.25, 0.3) is 0 Å². The Balaban J connectivity index is 1.57. The fourth-order valence-corrected chi connectivity index (χ4v) is 3.85. The molecular formula is C19H25N3OS. The Kier molecular flexibility index (Phi) is 5.63. The molecule has 1 unspecified atom stereocenters. The van der Waals surface area contributed by atoms with Crippen molar-refractivity contribution in [1.29, 1.82) is 0 Å². The zero-order valence-electron chi connectivity index (χ0n) is 14.4. The lowest BCUT2D eigenvalue weighted by Gasteiger charge is -2.26. The van der Waals surface area contributed by atoms with Gasteiger partial charge in [-0.25, -0.2) is 4.98 Å². The Labute approximate surface area is 147 Å². The molecule has 1 saturated heterocycles. The highest BCUT2D eigenvalue weighted by Gasteiger charge is 2.15. The second-order valence-corrected chi connectivity index (χ2v) is 7.45. The van der Waals surface area contributed by atoms with Gasteiger partial charge in [0.05, 0.1) is 6.04 Å². The first-order valence-electron chi connectivity index (χ1n) is 8.66. The van der Waals surface area contributed by atoms with Crippen molar-refractivity contribution in [3.8, 4) is 0 Å². The first kappa shape index (κ1) is 17.1. The summed E-state index contributed by atoms with van der Waals surface area (Å²) in [6.07, 6.45) is 3.95. The maximum absolute atomic E-state index is 12.4. The number of likely N-dealkylation sites (tertiary alicyclic amines) is 1. The van der Waals surface area contributed by atoms with E-state index in [0.717, 1.165) is 17.2 Å². The molecule has 5 heteroatoms. The average Bonchev–Trinajstić information content (AvgIpc) is 3.03. The van der Waals surface area contributed by atoms with Crippen LogP contribution < -0.4 is 5.32 Å². The van der Waals surface area contributed by atoms with Gasteiger partial charge in [-0.05, 0) is 57.5 Å². The number of thiazole rings is 1. The van der Waals surface area contributed by atoms with E-state index in [2.05, 4.69) is 27.3 Å². The number of piperidine rings is 1. The summed E-state index contributed by atoms with van der Waals surface area (Å²) < 4.78 is 0. The minimum atomic E-state index is -0.0655. The minimum Gasteiger partial charge on any atom is -0.343 e. The van der Waals surface area contributed by atoms with Crippen LogP contribution in [0.4, 0.5) is 0 Å². The van der Waals surface area contributed by atoms with Crippen molar-refractivity contribution in [2.45, 2.75) is 45.7 Å². The molecule has 1 amide bonds. The number of aryl methyl sites for hydroxylation is 1. The third-order valence-corrected chi connectivity index (χ3v) is 5.57. The highest BCUT2D eigenvalue weighted by Crippen LogP contribution is 2.18. The number of carbonyl (C=O) groups excluding carboxylic acids is 1. The molecule has 128 valence electrons. The van der Waals surface area contributed by atoms with E-state index in [-0.39, 0.29) is 11.9 Å². The van der Waals surface area contributed by atoms with Gasteiger partial charge < -0.3 is 5.32 Å². The molecule has 2 heterocycles. The smallest absolute Gasteiger partial charge is 0.251 e. The van der Waals surface area contributed by atoms with Crippen LogP contribution in [0.15, 0.2) is 29.6 Å². The van der Waals surface area contributed by atoms with E-state index in [4.69, 9.17) is 0 Å². The number of hydrogen-bond acceptors (Lipinski definition) is 4. The van der Waals surface area contributed by atoms with Crippen LogP contribution in [-0.4, -0.2) is 28.9 Å². The summed E-state index contributed by atoms with van der Waals surface area (Å²) in [5.41, 5.74) is 2.98. The van der Waals surface area contributed by atoms with Gasteiger partial charge in [0.1, 0.15) is 5.01 Å². The number of nitrogens with zero attached hydrogens (tertiary/aromatic N) is 2. The number of benzene rings is 1. The fourth-order valence-electron chi connectivity index (χ4n) is 3.05. The molecule has 0 spiro atoms. The van der Waals surface area contributed by atoms with Crippen molar-refractivity contribution in [1.82, 2.24) is 15.2 Å². The van der Waals surface area contributed by atoms with Gasteiger partial charge in [0, 0.05) is 23.2 Å². The molecule has 2 aromatic rings. The van der Waals surface area contributed by atoms with Crippen molar-refractivity contribution >= 4 is 17.2 Å². The van der Waals surface area contributed by atoms with E-state index < -0.39 is 0 Å². The van der Waals surface area contributed by atoms with E-state index in [0.29, 0.717) is 5.56 Å². The van der Waals surface area contributed by atoms with Crippen LogP contribution in [0.1, 0.15) is 58.9 Å². The Bertz CT molecular complexity index is 674. The number of hydrogen-bond donors (Lipinski definition) is 1. The van der Waals surface area contributed by atoms with Crippen LogP contribution in [-0.2, 0) is 6.54 Å². The van der Waals surface area contributed by atoms with Gasteiger partial charge >= 0.3 is 0 Å². The van der Waals surface area contributed by atoms with E-state index in [1.807, 2.05) is 31.4 Å². The molecule has 1 aliphatic heterocycles. The van der Waals surface area contributed by atoms with Crippen LogP contribution in [0.2, 0.25) is 0 Å². The van der Waals surface area contributed by atoms with Gasteiger partial charge in [0.25, 0.3) is 5.91 Å². The summed E-state index contributed by atoms with van der Waals surface area (Å²) in [6.45, 7) is 7.30. The Morgan fingerprint density at radius 3 is 2.58 bits per heavy atom. The molecule has 1 aromatic heterocycles. The Morgan fingerprint density at radius 1 is 1.25 bits per heavy atom. The molecular weight excluding hydrogens is 318 g/mol. The molecule has 24 heavy (non-hydrogen) atoms. The second kappa shape index (κ2) is 7.90. The molecule has 0 radical (unpaired) electrons. The van der Waals surface area contributed by atoms with Crippen molar-refractivity contribution in [2.75, 3.05) is 13.1 Å². The molecule has 1 fully saturated rings. The molecule has 1 aliphatic rings. The van der Waals surface area contributed by atoms with Crippen LogP contribution >= 0.6 is 11.3 Å². The lowest BCUT2D eigenvalue weighted by molar-refractivity contribution is 0.0940. The minimum absolute atomic E-state index is 0.0418. The van der Waals surface area contributed by atoms with Gasteiger partial charge in [0.2, 0.25) is 0 Å². The van der Waals surface area contributed by atoms with Gasteiger partial charge in [0.15, 0.2) is 0 Å². The fraction of sp³-hybridized carbons (Fsp3) is 0.474. The molecule has 1 aromatic carbocycles. The van der Waals surface area contributed by atoms with E-state index in [9.17, 15) is 4.79 Å². The maximum atomic E-state index is 12.4. The number of carbonyl (C=O) groups is 1.